The fraction of sp³-hybridized carbons (Fsp3) is 0.444. The number of benzene rings is 2. The highest BCUT2D eigenvalue weighted by Crippen LogP contribution is 2.27. The Morgan fingerprint density at radius 3 is 2.38 bits per heavy atom. The van der Waals surface area contributed by atoms with Crippen molar-refractivity contribution in [3.8, 4) is 23.0 Å². The molecule has 1 heterocycles. The Hall–Kier alpha value is -3.19. The van der Waals surface area contributed by atoms with Crippen LogP contribution in [0.15, 0.2) is 57.7 Å². The van der Waals surface area contributed by atoms with Crippen LogP contribution in [0.25, 0.3) is 11.0 Å². The summed E-state index contributed by atoms with van der Waals surface area (Å²) in [4.78, 5) is 11.6. The quantitative estimate of drug-likeness (QED) is 0.308. The molecule has 2 aromatic carbocycles. The zero-order chi connectivity index (χ0) is 24.3. The first kappa shape index (κ1) is 25.4. The van der Waals surface area contributed by atoms with Gasteiger partial charge in [0.15, 0.2) is 6.10 Å². The first-order valence-electron chi connectivity index (χ1n) is 11.8. The molecule has 184 valence electrons. The molecule has 3 aromatic rings. The van der Waals surface area contributed by atoms with E-state index in [9.17, 15) is 9.90 Å². The Labute approximate surface area is 200 Å². The fourth-order valence-electron chi connectivity index (χ4n) is 3.63. The van der Waals surface area contributed by atoms with Crippen molar-refractivity contribution in [2.75, 3.05) is 26.9 Å². The maximum Gasteiger partial charge on any atom is 0.339 e. The smallest absolute Gasteiger partial charge is 0.339 e. The average molecular weight is 471 g/mol. The number of hydrogen-bond donors (Lipinski definition) is 1. The normalized spacial score (nSPS) is 12.9. The molecule has 0 aliphatic heterocycles. The highest BCUT2D eigenvalue weighted by molar-refractivity contribution is 5.83. The number of rotatable bonds is 14. The Morgan fingerprint density at radius 2 is 1.68 bits per heavy atom. The Morgan fingerprint density at radius 1 is 0.941 bits per heavy atom. The summed E-state index contributed by atoms with van der Waals surface area (Å²) in [6.07, 6.45) is 4.19. The van der Waals surface area contributed by atoms with Crippen LogP contribution < -0.4 is 19.8 Å². The third kappa shape index (κ3) is 7.42. The van der Waals surface area contributed by atoms with Crippen LogP contribution in [-0.2, 0) is 4.74 Å². The van der Waals surface area contributed by atoms with Gasteiger partial charge in [0.2, 0.25) is 0 Å². The van der Waals surface area contributed by atoms with Crippen molar-refractivity contribution >= 4 is 11.0 Å². The molecule has 0 amide bonds. The molecule has 0 saturated heterocycles. The number of unbranched alkanes of at least 4 members (excludes halogenated alkanes) is 1. The zero-order valence-corrected chi connectivity index (χ0v) is 20.1. The van der Waals surface area contributed by atoms with Crippen LogP contribution in [0.2, 0.25) is 0 Å². The highest BCUT2D eigenvalue weighted by atomic mass is 16.6. The molecule has 0 bridgehead atoms. The van der Waals surface area contributed by atoms with E-state index >= 15 is 0 Å². The molecule has 34 heavy (non-hydrogen) atoms. The Bertz CT molecular complexity index is 1070. The van der Waals surface area contributed by atoms with Gasteiger partial charge in [-0.2, -0.15) is 0 Å². The summed E-state index contributed by atoms with van der Waals surface area (Å²) in [5.74, 6) is 2.32. The van der Waals surface area contributed by atoms with Gasteiger partial charge in [-0.3, -0.25) is 0 Å². The van der Waals surface area contributed by atoms with Gasteiger partial charge in [-0.05, 0) is 48.7 Å². The molecule has 1 aromatic heterocycles. The van der Waals surface area contributed by atoms with Gasteiger partial charge in [-0.1, -0.05) is 33.1 Å². The molecule has 0 aliphatic carbocycles. The molecule has 3 rings (SSSR count). The predicted molar refractivity (Wildman–Crippen MR) is 131 cm³/mol. The minimum Gasteiger partial charge on any atom is -0.507 e. The summed E-state index contributed by atoms with van der Waals surface area (Å²) in [6.45, 7) is 5.66. The lowest BCUT2D eigenvalue weighted by Gasteiger charge is -2.22. The van der Waals surface area contributed by atoms with Crippen molar-refractivity contribution in [1.29, 1.82) is 0 Å². The van der Waals surface area contributed by atoms with E-state index in [1.807, 2.05) is 24.3 Å². The van der Waals surface area contributed by atoms with Crippen molar-refractivity contribution in [1.82, 2.24) is 0 Å². The van der Waals surface area contributed by atoms with Gasteiger partial charge >= 0.3 is 5.63 Å². The van der Waals surface area contributed by atoms with Gasteiger partial charge in [0, 0.05) is 12.7 Å². The first-order valence-corrected chi connectivity index (χ1v) is 11.8. The summed E-state index contributed by atoms with van der Waals surface area (Å²) in [6, 6.07) is 13.3. The zero-order valence-electron chi connectivity index (χ0n) is 20.1. The van der Waals surface area contributed by atoms with Crippen molar-refractivity contribution in [3.63, 3.8) is 0 Å². The number of aromatic hydroxyl groups is 1. The Kier molecular flexibility index (Phi) is 9.64. The van der Waals surface area contributed by atoms with Crippen LogP contribution in [-0.4, -0.2) is 38.1 Å². The molecule has 2 unspecified atom stereocenters. The number of hydrogen-bond acceptors (Lipinski definition) is 7. The summed E-state index contributed by atoms with van der Waals surface area (Å²) in [7, 11) is 1.62. The maximum atomic E-state index is 11.6. The molecule has 0 fully saturated rings. The molecular weight excluding hydrogens is 436 g/mol. The topological polar surface area (TPSA) is 87.4 Å². The molecule has 0 radical (unpaired) electrons. The van der Waals surface area contributed by atoms with Gasteiger partial charge < -0.3 is 28.5 Å². The number of methoxy groups -OCH3 is 1. The fourth-order valence-corrected chi connectivity index (χ4v) is 3.63. The van der Waals surface area contributed by atoms with E-state index in [4.69, 9.17) is 23.4 Å². The van der Waals surface area contributed by atoms with Gasteiger partial charge in [0.05, 0.1) is 25.2 Å². The van der Waals surface area contributed by atoms with E-state index in [0.29, 0.717) is 36.0 Å². The van der Waals surface area contributed by atoms with Crippen molar-refractivity contribution in [2.45, 2.75) is 45.6 Å². The number of fused-ring (bicyclic) bond motifs is 1. The molecule has 2 atom stereocenters. The molecule has 0 saturated carbocycles. The molecule has 1 N–H and O–H groups in total. The van der Waals surface area contributed by atoms with Crippen LogP contribution in [0.5, 0.6) is 23.0 Å². The second-order valence-corrected chi connectivity index (χ2v) is 8.29. The first-order chi connectivity index (χ1) is 16.5. The van der Waals surface area contributed by atoms with Crippen LogP contribution in [0.1, 0.15) is 39.5 Å². The minimum atomic E-state index is -0.623. The van der Waals surface area contributed by atoms with Crippen LogP contribution in [0.4, 0.5) is 0 Å². The minimum absolute atomic E-state index is 0.127. The van der Waals surface area contributed by atoms with E-state index in [0.717, 1.165) is 24.7 Å². The lowest BCUT2D eigenvalue weighted by atomic mass is 10.0. The lowest BCUT2D eigenvalue weighted by Crippen LogP contribution is -2.31. The SMILES string of the molecule is CCCCC(CC)COCC(COc1ccc(OC)cc1)Oc1ccc2c(O)cc(=O)oc2c1. The average Bonchev–Trinajstić information content (AvgIpc) is 2.84. The summed E-state index contributed by atoms with van der Waals surface area (Å²) in [5.41, 5.74) is -0.369. The van der Waals surface area contributed by atoms with E-state index < -0.39 is 11.7 Å². The third-order valence-electron chi connectivity index (χ3n) is 5.69. The second kappa shape index (κ2) is 12.9. The van der Waals surface area contributed by atoms with Crippen LogP contribution in [0.3, 0.4) is 0 Å². The van der Waals surface area contributed by atoms with Crippen molar-refractivity contribution in [2.24, 2.45) is 5.92 Å². The van der Waals surface area contributed by atoms with E-state index in [1.165, 1.54) is 12.8 Å². The van der Waals surface area contributed by atoms with E-state index in [1.54, 1.807) is 25.3 Å². The van der Waals surface area contributed by atoms with Crippen molar-refractivity contribution < 1.29 is 28.5 Å². The molecule has 0 spiro atoms. The van der Waals surface area contributed by atoms with Gasteiger partial charge in [-0.25, -0.2) is 4.79 Å². The van der Waals surface area contributed by atoms with Gasteiger partial charge in [0.1, 0.15) is 35.2 Å². The molecule has 7 heteroatoms. The summed E-state index contributed by atoms with van der Waals surface area (Å²) in [5, 5.41) is 10.4. The second-order valence-electron chi connectivity index (χ2n) is 8.29. The molecular formula is C27H34O7. The maximum absolute atomic E-state index is 11.6. The van der Waals surface area contributed by atoms with E-state index in [2.05, 4.69) is 13.8 Å². The predicted octanol–water partition coefficient (Wildman–Crippen LogP) is 5.57. The van der Waals surface area contributed by atoms with Crippen LogP contribution >= 0.6 is 0 Å². The summed E-state index contributed by atoms with van der Waals surface area (Å²) < 4.78 is 28.5. The van der Waals surface area contributed by atoms with Gasteiger partial charge in [-0.15, -0.1) is 0 Å². The Balaban J connectivity index is 1.69. The van der Waals surface area contributed by atoms with Gasteiger partial charge in [0.25, 0.3) is 0 Å². The van der Waals surface area contributed by atoms with Crippen molar-refractivity contribution in [3.05, 3.63) is 59.0 Å². The number of ether oxygens (including phenoxy) is 4. The third-order valence-corrected chi connectivity index (χ3v) is 5.69. The summed E-state index contributed by atoms with van der Waals surface area (Å²) >= 11 is 0. The monoisotopic (exact) mass is 470 g/mol. The molecule has 0 aliphatic rings. The lowest BCUT2D eigenvalue weighted by molar-refractivity contribution is 0.0108. The largest absolute Gasteiger partial charge is 0.507 e. The van der Waals surface area contributed by atoms with Crippen LogP contribution in [0, 0.1) is 5.92 Å². The highest BCUT2D eigenvalue weighted by Gasteiger charge is 2.16. The molecule has 7 nitrogen and oxygen atoms in total. The standard InChI is InChI=1S/C27H34O7/c1-4-6-7-19(5-2)16-31-17-23(18-32-21-10-8-20(30-3)9-11-21)33-22-12-13-24-25(28)15-27(29)34-26(24)14-22/h8-15,19,23,28H,4-7,16-18H2,1-3H3. The van der Waals surface area contributed by atoms with E-state index in [-0.39, 0.29) is 17.9 Å².